The zero-order valence-corrected chi connectivity index (χ0v) is 16.7. The second-order valence-electron chi connectivity index (χ2n) is 7.36. The van der Waals surface area contributed by atoms with E-state index >= 15 is 0 Å². The van der Waals surface area contributed by atoms with Crippen molar-refractivity contribution in [2.24, 2.45) is 12.8 Å². The van der Waals surface area contributed by atoms with Gasteiger partial charge in [-0.1, -0.05) is 0 Å². The van der Waals surface area contributed by atoms with E-state index < -0.39 is 5.91 Å². The Balaban J connectivity index is 1.75. The fourth-order valence-electron chi connectivity index (χ4n) is 3.81. The molecule has 0 unspecified atom stereocenters. The summed E-state index contributed by atoms with van der Waals surface area (Å²) in [7, 11) is 1.73. The lowest BCUT2D eigenvalue weighted by Gasteiger charge is -2.22. The van der Waals surface area contributed by atoms with Crippen LogP contribution in [0.4, 0.5) is 11.6 Å². The molecule has 9 nitrogen and oxygen atoms in total. The minimum Gasteiger partial charge on any atom is -0.381 e. The van der Waals surface area contributed by atoms with Crippen LogP contribution in [0.1, 0.15) is 40.4 Å². The summed E-state index contributed by atoms with van der Waals surface area (Å²) in [5.41, 5.74) is 9.57. The van der Waals surface area contributed by atoms with Gasteiger partial charge in [-0.05, 0) is 49.9 Å². The van der Waals surface area contributed by atoms with Gasteiger partial charge < -0.3 is 15.8 Å². The van der Waals surface area contributed by atoms with Crippen LogP contribution in [0.5, 0.6) is 0 Å². The van der Waals surface area contributed by atoms with Gasteiger partial charge >= 0.3 is 5.69 Å². The Labute approximate surface area is 167 Å². The summed E-state index contributed by atoms with van der Waals surface area (Å²) < 4.78 is 8.76. The second-order valence-corrected chi connectivity index (χ2v) is 7.36. The van der Waals surface area contributed by atoms with Crippen LogP contribution in [-0.2, 0) is 11.8 Å². The number of nitrogens with one attached hydrogen (secondary N) is 1. The van der Waals surface area contributed by atoms with Gasteiger partial charge in [0.1, 0.15) is 5.52 Å². The molecule has 2 aromatic heterocycles. The number of benzene rings is 1. The molecule has 1 aromatic carbocycles. The van der Waals surface area contributed by atoms with Crippen LogP contribution < -0.4 is 16.7 Å². The van der Waals surface area contributed by atoms with Crippen molar-refractivity contribution in [3.05, 3.63) is 45.5 Å². The number of hydrogen-bond acceptors (Lipinski definition) is 6. The topological polar surface area (TPSA) is 117 Å². The first-order valence-electron chi connectivity index (χ1n) is 9.57. The van der Waals surface area contributed by atoms with E-state index in [1.165, 1.54) is 0 Å². The first-order valence-corrected chi connectivity index (χ1v) is 9.57. The number of aromatic nitrogens is 4. The number of anilines is 2. The predicted molar refractivity (Wildman–Crippen MR) is 110 cm³/mol. The molecular formula is C20H24N6O3. The summed E-state index contributed by atoms with van der Waals surface area (Å²) in [5.74, 6) is -0.0715. The Morgan fingerprint density at radius 2 is 1.97 bits per heavy atom. The average molecular weight is 396 g/mol. The number of carbonyl (C=O) groups is 1. The number of carbonyl (C=O) groups excluding carboxylic acids is 1. The highest BCUT2D eigenvalue weighted by molar-refractivity contribution is 5.95. The molecule has 1 fully saturated rings. The van der Waals surface area contributed by atoms with Crippen LogP contribution in [0, 0.1) is 13.8 Å². The normalized spacial score (nSPS) is 15.0. The van der Waals surface area contributed by atoms with E-state index in [9.17, 15) is 9.59 Å². The van der Waals surface area contributed by atoms with Crippen molar-refractivity contribution in [1.29, 1.82) is 0 Å². The van der Waals surface area contributed by atoms with Gasteiger partial charge in [-0.25, -0.2) is 9.78 Å². The molecule has 0 saturated carbocycles. The molecule has 9 heteroatoms. The monoisotopic (exact) mass is 396 g/mol. The molecule has 3 aromatic rings. The van der Waals surface area contributed by atoms with Crippen molar-refractivity contribution in [3.63, 3.8) is 0 Å². The van der Waals surface area contributed by atoms with Crippen LogP contribution in [0.2, 0.25) is 0 Å². The molecule has 29 heavy (non-hydrogen) atoms. The van der Waals surface area contributed by atoms with E-state index in [-0.39, 0.29) is 11.7 Å². The largest absolute Gasteiger partial charge is 0.381 e. The first kappa shape index (κ1) is 19.1. The number of nitrogens with two attached hydrogens (primary N) is 1. The smallest absolute Gasteiger partial charge is 0.330 e. The Kier molecular flexibility index (Phi) is 4.83. The number of primary amides is 1. The van der Waals surface area contributed by atoms with Crippen LogP contribution >= 0.6 is 0 Å². The van der Waals surface area contributed by atoms with Crippen molar-refractivity contribution < 1.29 is 9.53 Å². The number of aryl methyl sites for hydroxylation is 1. The van der Waals surface area contributed by atoms with Crippen LogP contribution in [-0.4, -0.2) is 38.2 Å². The zero-order valence-electron chi connectivity index (χ0n) is 16.7. The van der Waals surface area contributed by atoms with Gasteiger partial charge in [0.05, 0.1) is 6.20 Å². The van der Waals surface area contributed by atoms with Crippen molar-refractivity contribution in [2.75, 3.05) is 18.5 Å². The van der Waals surface area contributed by atoms with Gasteiger partial charge in [0.2, 0.25) is 11.9 Å². The first-order chi connectivity index (χ1) is 13.9. The molecule has 0 bridgehead atoms. The number of fused-ring (bicyclic) bond motifs is 1. The van der Waals surface area contributed by atoms with Gasteiger partial charge in [-0.3, -0.25) is 13.9 Å². The molecule has 0 aliphatic carbocycles. The number of amides is 1. The molecule has 1 aliphatic rings. The number of rotatable bonds is 4. The Hall–Kier alpha value is -3.20. The summed E-state index contributed by atoms with van der Waals surface area (Å²) in [6.07, 6.45) is 3.21. The third-order valence-corrected chi connectivity index (χ3v) is 5.69. The standard InChI is InChI=1S/C20H24N6O3/c1-11-12(2)15(5-4-14(11)17(21)27)23-19-22-10-16-18(24-19)26(20(28)25(16)3)13-6-8-29-9-7-13/h4-5,10,13H,6-9H2,1-3H3,(H2,21,27)(H,22,23,24). The second kappa shape index (κ2) is 7.32. The summed E-state index contributed by atoms with van der Waals surface area (Å²) >= 11 is 0. The molecule has 3 N–H and O–H groups in total. The highest BCUT2D eigenvalue weighted by Gasteiger charge is 2.23. The maximum Gasteiger partial charge on any atom is 0.330 e. The minimum absolute atomic E-state index is 0.0570. The van der Waals surface area contributed by atoms with Crippen molar-refractivity contribution in [2.45, 2.75) is 32.7 Å². The lowest BCUT2D eigenvalue weighted by atomic mass is 10.0. The molecule has 1 saturated heterocycles. The molecule has 0 atom stereocenters. The molecule has 0 radical (unpaired) electrons. The number of imidazole rings is 1. The summed E-state index contributed by atoms with van der Waals surface area (Å²) in [6.45, 7) is 5.02. The maximum atomic E-state index is 12.8. The molecule has 1 aliphatic heterocycles. The van der Waals surface area contributed by atoms with E-state index in [4.69, 9.17) is 10.5 Å². The molecule has 0 spiro atoms. The molecule has 1 amide bonds. The van der Waals surface area contributed by atoms with Crippen molar-refractivity contribution in [3.8, 4) is 0 Å². The van der Waals surface area contributed by atoms with E-state index in [0.29, 0.717) is 35.9 Å². The van der Waals surface area contributed by atoms with Gasteiger partial charge in [-0.15, -0.1) is 0 Å². The number of nitrogens with zero attached hydrogens (tertiary/aromatic N) is 4. The Morgan fingerprint density at radius 1 is 1.24 bits per heavy atom. The lowest BCUT2D eigenvalue weighted by molar-refractivity contribution is 0.0695. The average Bonchev–Trinajstić information content (AvgIpc) is 2.96. The van der Waals surface area contributed by atoms with Crippen LogP contribution in [0.15, 0.2) is 23.1 Å². The molecular weight excluding hydrogens is 372 g/mol. The van der Waals surface area contributed by atoms with Crippen molar-refractivity contribution >= 4 is 28.7 Å². The fourth-order valence-corrected chi connectivity index (χ4v) is 3.81. The molecule has 152 valence electrons. The van der Waals surface area contributed by atoms with E-state index in [1.807, 2.05) is 13.8 Å². The van der Waals surface area contributed by atoms with Gasteiger partial charge in [0.15, 0.2) is 5.65 Å². The highest BCUT2D eigenvalue weighted by atomic mass is 16.5. The maximum absolute atomic E-state index is 12.8. The van der Waals surface area contributed by atoms with Gasteiger partial charge in [0.25, 0.3) is 0 Å². The van der Waals surface area contributed by atoms with E-state index in [1.54, 1.807) is 34.5 Å². The highest BCUT2D eigenvalue weighted by Crippen LogP contribution is 2.26. The minimum atomic E-state index is -0.459. The lowest BCUT2D eigenvalue weighted by Crippen LogP contribution is -2.30. The summed E-state index contributed by atoms with van der Waals surface area (Å²) in [4.78, 5) is 33.4. The Bertz CT molecular complexity index is 1160. The summed E-state index contributed by atoms with van der Waals surface area (Å²) in [5, 5.41) is 3.21. The predicted octanol–water partition coefficient (Wildman–Crippen LogP) is 1.94. The SMILES string of the molecule is Cc1c(Nc2ncc3c(n2)n(C2CCOCC2)c(=O)n3C)ccc(C(N)=O)c1C. The third-order valence-electron chi connectivity index (χ3n) is 5.69. The summed E-state index contributed by atoms with van der Waals surface area (Å²) in [6, 6.07) is 3.53. The quantitative estimate of drug-likeness (QED) is 0.696. The number of ether oxygens (including phenoxy) is 1. The molecule has 4 rings (SSSR count). The van der Waals surface area contributed by atoms with Crippen LogP contribution in [0.3, 0.4) is 0 Å². The fraction of sp³-hybridized carbons (Fsp3) is 0.400. The Morgan fingerprint density at radius 3 is 2.66 bits per heavy atom. The van der Waals surface area contributed by atoms with Crippen LogP contribution in [0.25, 0.3) is 11.2 Å². The molecule has 3 heterocycles. The van der Waals surface area contributed by atoms with Gasteiger partial charge in [-0.2, -0.15) is 4.98 Å². The van der Waals surface area contributed by atoms with Crippen molar-refractivity contribution in [1.82, 2.24) is 19.1 Å². The van der Waals surface area contributed by atoms with E-state index in [0.717, 1.165) is 29.7 Å². The number of hydrogen-bond donors (Lipinski definition) is 2. The zero-order chi connectivity index (χ0) is 20.7. The van der Waals surface area contributed by atoms with E-state index in [2.05, 4.69) is 15.3 Å². The third kappa shape index (κ3) is 3.27. The van der Waals surface area contributed by atoms with Gasteiger partial charge in [0, 0.05) is 37.6 Å².